The van der Waals surface area contributed by atoms with Gasteiger partial charge in [-0.2, -0.15) is 13.2 Å². The number of methoxy groups -OCH3 is 2. The summed E-state index contributed by atoms with van der Waals surface area (Å²) in [6.07, 6.45) is -4.25. The lowest BCUT2D eigenvalue weighted by atomic mass is 9.74. The van der Waals surface area contributed by atoms with Crippen LogP contribution in [0.15, 0.2) is 36.5 Å². The lowest BCUT2D eigenvalue weighted by Crippen LogP contribution is -2.44. The van der Waals surface area contributed by atoms with Crippen molar-refractivity contribution in [2.75, 3.05) is 19.5 Å². The predicted molar refractivity (Wildman–Crippen MR) is 105 cm³/mol. The molecule has 3 fully saturated rings. The quantitative estimate of drug-likeness (QED) is 0.728. The second-order valence-corrected chi connectivity index (χ2v) is 8.42. The zero-order valence-corrected chi connectivity index (χ0v) is 17.3. The number of carbonyl (C=O) groups excluding carboxylic acids is 1. The second-order valence-electron chi connectivity index (χ2n) is 8.42. The summed E-state index contributed by atoms with van der Waals surface area (Å²) in [6.45, 7) is 0. The Balaban J connectivity index is 1.50. The van der Waals surface area contributed by atoms with Crippen LogP contribution in [0, 0.1) is 5.41 Å². The summed E-state index contributed by atoms with van der Waals surface area (Å²) in [6, 6.07) is 6.86. The first kappa shape index (κ1) is 21.0. The monoisotopic (exact) mass is 450 g/mol. The van der Waals surface area contributed by atoms with Crippen LogP contribution >= 0.6 is 0 Å². The molecule has 2 aromatic rings. The highest BCUT2D eigenvalue weighted by Gasteiger charge is 2.87. The largest absolute Gasteiger partial charge is 0.496 e. The van der Waals surface area contributed by atoms with Gasteiger partial charge in [-0.3, -0.25) is 4.79 Å². The third-order valence-electron chi connectivity index (χ3n) is 7.01. The molecular formula is C22H21F3N2O5. The number of aliphatic hydroxyl groups excluding tert-OH is 1. The fourth-order valence-corrected chi connectivity index (χ4v) is 5.58. The number of fused-ring (bicyclic) bond motifs is 5. The molecule has 1 aromatic carbocycles. The number of halogens is 3. The lowest BCUT2D eigenvalue weighted by molar-refractivity contribution is -0.138. The highest BCUT2D eigenvalue weighted by Crippen LogP contribution is 2.77. The van der Waals surface area contributed by atoms with Crippen molar-refractivity contribution in [1.82, 2.24) is 4.98 Å². The maximum atomic E-state index is 13.5. The molecule has 0 spiro atoms. The number of carbonyl (C=O) groups is 1. The van der Waals surface area contributed by atoms with Crippen LogP contribution in [0.5, 0.6) is 11.6 Å². The van der Waals surface area contributed by atoms with E-state index in [1.54, 1.807) is 18.3 Å². The zero-order chi connectivity index (χ0) is 22.9. The number of anilines is 1. The van der Waals surface area contributed by atoms with Crippen molar-refractivity contribution < 1.29 is 37.3 Å². The molecule has 2 bridgehead atoms. The number of aromatic nitrogens is 1. The molecule has 1 saturated carbocycles. The van der Waals surface area contributed by atoms with Gasteiger partial charge >= 0.3 is 6.18 Å². The van der Waals surface area contributed by atoms with E-state index in [0.717, 1.165) is 18.7 Å². The summed E-state index contributed by atoms with van der Waals surface area (Å²) >= 11 is 0. The molecule has 2 aliphatic heterocycles. The minimum Gasteiger partial charge on any atom is -0.496 e. The molecule has 10 heteroatoms. The molecule has 5 atom stereocenters. The molecule has 5 rings (SSSR count). The van der Waals surface area contributed by atoms with Crippen molar-refractivity contribution in [3.05, 3.63) is 47.7 Å². The van der Waals surface area contributed by atoms with Gasteiger partial charge in [-0.15, -0.1) is 0 Å². The Hall–Kier alpha value is -2.85. The van der Waals surface area contributed by atoms with E-state index >= 15 is 0 Å². The van der Waals surface area contributed by atoms with E-state index in [9.17, 15) is 23.1 Å². The third kappa shape index (κ3) is 2.69. The topological polar surface area (TPSA) is 89.9 Å². The molecule has 2 saturated heterocycles. The number of nitrogens with one attached hydrogen (secondary N) is 1. The van der Waals surface area contributed by atoms with Gasteiger partial charge in [-0.1, -0.05) is 0 Å². The van der Waals surface area contributed by atoms with Crippen LogP contribution in [0.2, 0.25) is 0 Å². The number of alkyl halides is 3. The van der Waals surface area contributed by atoms with Gasteiger partial charge in [-0.25, -0.2) is 4.98 Å². The van der Waals surface area contributed by atoms with E-state index in [0.29, 0.717) is 18.7 Å². The number of amides is 1. The Bertz CT molecular complexity index is 1090. The van der Waals surface area contributed by atoms with Gasteiger partial charge in [0, 0.05) is 29.8 Å². The van der Waals surface area contributed by atoms with Crippen molar-refractivity contribution in [1.29, 1.82) is 0 Å². The first-order chi connectivity index (χ1) is 15.2. The number of hydrogen-bond acceptors (Lipinski definition) is 6. The molecular weight excluding hydrogens is 429 g/mol. The molecule has 2 N–H and O–H groups in total. The van der Waals surface area contributed by atoms with E-state index in [1.165, 1.54) is 19.2 Å². The lowest BCUT2D eigenvalue weighted by Gasteiger charge is -2.29. The van der Waals surface area contributed by atoms with Crippen molar-refractivity contribution in [3.8, 4) is 11.6 Å². The summed E-state index contributed by atoms with van der Waals surface area (Å²) in [5, 5.41) is 13.1. The Morgan fingerprint density at radius 2 is 2.03 bits per heavy atom. The smallest absolute Gasteiger partial charge is 0.420 e. The van der Waals surface area contributed by atoms with Crippen molar-refractivity contribution in [3.63, 3.8) is 0 Å². The maximum absolute atomic E-state index is 13.5. The number of pyridine rings is 1. The van der Waals surface area contributed by atoms with Gasteiger partial charge < -0.3 is 24.6 Å². The number of benzene rings is 1. The molecule has 7 nitrogen and oxygen atoms in total. The molecule has 1 aromatic heterocycles. The highest BCUT2D eigenvalue weighted by molar-refractivity contribution is 6.01. The summed E-state index contributed by atoms with van der Waals surface area (Å²) in [5.41, 5.74) is -2.02. The van der Waals surface area contributed by atoms with Crippen molar-refractivity contribution in [2.24, 2.45) is 5.41 Å². The SMILES string of the molecule is COc1cc([C@@]23C[C@]2(C(=O)Nc2ccc(OC)c(C(F)(F)F)c2)[C@H]2C[C@H](O)[C@@H]3O2)ccn1. The first-order valence-corrected chi connectivity index (χ1v) is 10.1. The molecule has 32 heavy (non-hydrogen) atoms. The standard InChI is InChI=1S/C22H21F3N2O5/c1-30-15-4-3-12(8-13(15)22(23,24)25)27-19(29)21-10-20(21,18-14(28)9-16(21)32-18)11-5-6-26-17(7-11)31-2/h3-8,14,16,18,28H,9-10H2,1-2H3,(H,27,29)/t14-,16+,18-,20+,21+/m0/s1. The Morgan fingerprint density at radius 1 is 1.25 bits per heavy atom. The van der Waals surface area contributed by atoms with Gasteiger partial charge in [0.2, 0.25) is 11.8 Å². The molecule has 170 valence electrons. The van der Waals surface area contributed by atoms with Gasteiger partial charge in [0.15, 0.2) is 0 Å². The fraction of sp³-hybridized carbons (Fsp3) is 0.455. The van der Waals surface area contributed by atoms with Crippen LogP contribution in [0.3, 0.4) is 0 Å². The summed E-state index contributed by atoms with van der Waals surface area (Å²) < 4.78 is 56.2. The molecule has 3 heterocycles. The van der Waals surface area contributed by atoms with E-state index in [4.69, 9.17) is 14.2 Å². The maximum Gasteiger partial charge on any atom is 0.420 e. The zero-order valence-electron chi connectivity index (χ0n) is 17.3. The highest BCUT2D eigenvalue weighted by atomic mass is 19.4. The van der Waals surface area contributed by atoms with Crippen LogP contribution in [0.4, 0.5) is 18.9 Å². The van der Waals surface area contributed by atoms with Gasteiger partial charge in [0.25, 0.3) is 0 Å². The molecule has 3 aliphatic rings. The van der Waals surface area contributed by atoms with E-state index in [-0.39, 0.29) is 11.4 Å². The average molecular weight is 450 g/mol. The number of rotatable bonds is 5. The predicted octanol–water partition coefficient (Wildman–Crippen LogP) is 2.92. The Morgan fingerprint density at radius 3 is 2.72 bits per heavy atom. The fourth-order valence-electron chi connectivity index (χ4n) is 5.58. The van der Waals surface area contributed by atoms with Crippen molar-refractivity contribution >= 4 is 11.6 Å². The minimum absolute atomic E-state index is 0.00827. The minimum atomic E-state index is -4.64. The summed E-state index contributed by atoms with van der Waals surface area (Å²) in [4.78, 5) is 17.6. The molecule has 1 aliphatic carbocycles. The normalized spacial score (nSPS) is 32.4. The second kappa shape index (κ2) is 6.82. The van der Waals surface area contributed by atoms with E-state index < -0.39 is 46.8 Å². The Labute approximate surface area is 181 Å². The number of ether oxygens (including phenoxy) is 3. The van der Waals surface area contributed by atoms with Crippen LogP contribution in [-0.2, 0) is 21.1 Å². The van der Waals surface area contributed by atoms with Crippen LogP contribution < -0.4 is 14.8 Å². The van der Waals surface area contributed by atoms with Crippen molar-refractivity contribution in [2.45, 2.75) is 42.7 Å². The van der Waals surface area contributed by atoms with E-state index in [1.807, 2.05) is 0 Å². The summed E-state index contributed by atoms with van der Waals surface area (Å²) in [5.74, 6) is -0.406. The Kier molecular flexibility index (Phi) is 4.48. The first-order valence-electron chi connectivity index (χ1n) is 10.1. The van der Waals surface area contributed by atoms with Gasteiger partial charge in [0.1, 0.15) is 5.75 Å². The number of aliphatic hydroxyl groups is 1. The van der Waals surface area contributed by atoms with E-state index in [2.05, 4.69) is 10.3 Å². The third-order valence-corrected chi connectivity index (χ3v) is 7.01. The van der Waals surface area contributed by atoms with Crippen LogP contribution in [0.25, 0.3) is 0 Å². The van der Waals surface area contributed by atoms with Gasteiger partial charge in [-0.05, 0) is 36.2 Å². The van der Waals surface area contributed by atoms with Gasteiger partial charge in [0.05, 0.1) is 43.5 Å². The molecule has 1 amide bonds. The molecule has 0 unspecified atom stereocenters. The average Bonchev–Trinajstić information content (AvgIpc) is 3.26. The van der Waals surface area contributed by atoms with Crippen LogP contribution in [-0.4, -0.2) is 48.5 Å². The molecule has 0 radical (unpaired) electrons. The van der Waals surface area contributed by atoms with Crippen LogP contribution in [0.1, 0.15) is 24.0 Å². The number of nitrogens with zero attached hydrogens (tertiary/aromatic N) is 1. The number of hydrogen-bond donors (Lipinski definition) is 2. The summed E-state index contributed by atoms with van der Waals surface area (Å²) in [7, 11) is 2.63.